The highest BCUT2D eigenvalue weighted by Gasteiger charge is 2.32. The zero-order chi connectivity index (χ0) is 12.3. The number of aliphatic hydroxyl groups is 1. The third-order valence-corrected chi connectivity index (χ3v) is 3.86. The molecule has 1 heterocycles. The summed E-state index contributed by atoms with van der Waals surface area (Å²) < 4.78 is 0.789. The number of aryl methyl sites for hydroxylation is 1. The minimum Gasteiger partial charge on any atom is -0.396 e. The Balaban J connectivity index is 2.01. The summed E-state index contributed by atoms with van der Waals surface area (Å²) in [6.45, 7) is 2.91. The van der Waals surface area contributed by atoms with E-state index >= 15 is 0 Å². The van der Waals surface area contributed by atoms with Crippen LogP contribution in [0.4, 0.5) is 5.82 Å². The lowest BCUT2D eigenvalue weighted by molar-refractivity contribution is 0.142. The first-order chi connectivity index (χ1) is 8.13. The van der Waals surface area contributed by atoms with Gasteiger partial charge in [0.15, 0.2) is 0 Å². The predicted octanol–water partition coefficient (Wildman–Crippen LogP) is 2.51. The molecule has 1 fully saturated rings. The minimum absolute atomic E-state index is 0.0470. The van der Waals surface area contributed by atoms with Gasteiger partial charge in [-0.15, -0.1) is 0 Å². The van der Waals surface area contributed by atoms with Gasteiger partial charge in [0, 0.05) is 18.0 Å². The van der Waals surface area contributed by atoms with Gasteiger partial charge in [-0.25, -0.2) is 9.97 Å². The molecule has 0 atom stereocenters. The van der Waals surface area contributed by atoms with E-state index in [9.17, 15) is 5.11 Å². The van der Waals surface area contributed by atoms with Crippen LogP contribution in [-0.2, 0) is 0 Å². The molecule has 5 heteroatoms. The van der Waals surface area contributed by atoms with Crippen LogP contribution in [0.3, 0.4) is 0 Å². The van der Waals surface area contributed by atoms with Crippen LogP contribution in [0.2, 0.25) is 0 Å². The summed E-state index contributed by atoms with van der Waals surface area (Å²) in [5, 5.41) is 12.8. The molecule has 1 aromatic rings. The number of anilines is 1. The first-order valence-electron chi connectivity index (χ1n) is 5.99. The Morgan fingerprint density at radius 1 is 1.41 bits per heavy atom. The molecule has 0 bridgehead atoms. The predicted molar refractivity (Wildman–Crippen MR) is 70.9 cm³/mol. The molecule has 1 aliphatic rings. The summed E-state index contributed by atoms with van der Waals surface area (Å²) in [5.41, 5.74) is 0.0470. The van der Waals surface area contributed by atoms with E-state index in [-0.39, 0.29) is 12.0 Å². The average molecular weight is 300 g/mol. The van der Waals surface area contributed by atoms with Crippen molar-refractivity contribution in [3.8, 4) is 0 Å². The summed E-state index contributed by atoms with van der Waals surface area (Å²) in [6, 6.07) is 1.87. The fraction of sp³-hybridized carbons (Fsp3) is 0.667. The Morgan fingerprint density at radius 2 is 2.12 bits per heavy atom. The van der Waals surface area contributed by atoms with Crippen molar-refractivity contribution in [2.75, 3.05) is 18.5 Å². The molecular weight excluding hydrogens is 282 g/mol. The number of nitrogens with one attached hydrogen (secondary N) is 1. The highest BCUT2D eigenvalue weighted by atomic mass is 79.9. The molecule has 0 aromatic carbocycles. The number of rotatable bonds is 4. The van der Waals surface area contributed by atoms with Crippen LogP contribution in [-0.4, -0.2) is 28.2 Å². The smallest absolute Gasteiger partial charge is 0.130 e. The van der Waals surface area contributed by atoms with Crippen molar-refractivity contribution in [1.29, 1.82) is 0 Å². The normalized spacial score (nSPS) is 18.3. The standard InChI is InChI=1S/C12H18BrN3O/c1-9-15-10(13)6-11(16-9)14-7-12(8-17)4-2-3-5-12/h6,17H,2-5,7-8H2,1H3,(H,14,15,16). The lowest BCUT2D eigenvalue weighted by Gasteiger charge is -2.26. The van der Waals surface area contributed by atoms with Gasteiger partial charge in [0.1, 0.15) is 16.2 Å². The maximum absolute atomic E-state index is 9.52. The second-order valence-corrected chi connectivity index (χ2v) is 5.65. The van der Waals surface area contributed by atoms with E-state index in [1.165, 1.54) is 12.8 Å². The Labute approximate surface area is 110 Å². The Hall–Kier alpha value is -0.680. The third kappa shape index (κ3) is 3.16. The highest BCUT2D eigenvalue weighted by Crippen LogP contribution is 2.37. The van der Waals surface area contributed by atoms with Crippen LogP contribution < -0.4 is 5.32 Å². The summed E-state index contributed by atoms with van der Waals surface area (Å²) in [4.78, 5) is 8.49. The lowest BCUT2D eigenvalue weighted by atomic mass is 9.87. The van der Waals surface area contributed by atoms with Crippen molar-refractivity contribution >= 4 is 21.7 Å². The third-order valence-electron chi connectivity index (χ3n) is 3.45. The molecule has 0 radical (unpaired) electrons. The van der Waals surface area contributed by atoms with Gasteiger partial charge in [-0.2, -0.15) is 0 Å². The van der Waals surface area contributed by atoms with Crippen LogP contribution in [0.5, 0.6) is 0 Å². The first-order valence-corrected chi connectivity index (χ1v) is 6.79. The quantitative estimate of drug-likeness (QED) is 0.839. The largest absolute Gasteiger partial charge is 0.396 e. The molecular formula is C12H18BrN3O. The molecule has 0 spiro atoms. The fourth-order valence-electron chi connectivity index (χ4n) is 2.42. The van der Waals surface area contributed by atoms with Gasteiger partial charge in [0.25, 0.3) is 0 Å². The van der Waals surface area contributed by atoms with E-state index in [4.69, 9.17) is 0 Å². The second-order valence-electron chi connectivity index (χ2n) is 4.84. The molecule has 2 rings (SSSR count). The Kier molecular flexibility index (Phi) is 3.99. The molecule has 0 saturated heterocycles. The molecule has 0 aliphatic heterocycles. The van der Waals surface area contributed by atoms with Gasteiger partial charge in [-0.1, -0.05) is 12.8 Å². The zero-order valence-electron chi connectivity index (χ0n) is 10.0. The molecule has 1 aliphatic carbocycles. The Morgan fingerprint density at radius 3 is 2.71 bits per heavy atom. The van der Waals surface area contributed by atoms with Crippen molar-refractivity contribution in [3.63, 3.8) is 0 Å². The van der Waals surface area contributed by atoms with Crippen molar-refractivity contribution in [3.05, 3.63) is 16.5 Å². The van der Waals surface area contributed by atoms with Crippen molar-refractivity contribution in [2.24, 2.45) is 5.41 Å². The SMILES string of the molecule is Cc1nc(Br)cc(NCC2(CO)CCCC2)n1. The molecule has 0 unspecified atom stereocenters. The molecule has 2 N–H and O–H groups in total. The van der Waals surface area contributed by atoms with Crippen LogP contribution in [0.15, 0.2) is 10.7 Å². The van der Waals surface area contributed by atoms with Gasteiger partial charge in [-0.3, -0.25) is 0 Å². The van der Waals surface area contributed by atoms with E-state index in [2.05, 4.69) is 31.2 Å². The van der Waals surface area contributed by atoms with Crippen molar-refractivity contribution < 1.29 is 5.11 Å². The monoisotopic (exact) mass is 299 g/mol. The number of nitrogens with zero attached hydrogens (tertiary/aromatic N) is 2. The van der Waals surface area contributed by atoms with E-state index in [1.54, 1.807) is 0 Å². The number of aliphatic hydroxyl groups excluding tert-OH is 1. The first kappa shape index (κ1) is 12.8. The van der Waals surface area contributed by atoms with Gasteiger partial charge in [0.2, 0.25) is 0 Å². The number of hydrogen-bond acceptors (Lipinski definition) is 4. The molecule has 1 aromatic heterocycles. The summed E-state index contributed by atoms with van der Waals surface area (Å²) in [5.74, 6) is 1.57. The number of hydrogen-bond donors (Lipinski definition) is 2. The number of aromatic nitrogens is 2. The van der Waals surface area contributed by atoms with E-state index in [0.29, 0.717) is 0 Å². The van der Waals surface area contributed by atoms with Crippen LogP contribution in [0, 0.1) is 12.3 Å². The van der Waals surface area contributed by atoms with Crippen LogP contribution in [0.25, 0.3) is 0 Å². The van der Waals surface area contributed by atoms with Crippen molar-refractivity contribution in [2.45, 2.75) is 32.6 Å². The molecule has 1 saturated carbocycles. The lowest BCUT2D eigenvalue weighted by Crippen LogP contribution is -2.30. The second kappa shape index (κ2) is 5.31. The highest BCUT2D eigenvalue weighted by molar-refractivity contribution is 9.10. The summed E-state index contributed by atoms with van der Waals surface area (Å²) in [7, 11) is 0. The number of halogens is 1. The zero-order valence-corrected chi connectivity index (χ0v) is 11.6. The van der Waals surface area contributed by atoms with Gasteiger partial charge < -0.3 is 10.4 Å². The maximum atomic E-state index is 9.52. The fourth-order valence-corrected chi connectivity index (χ4v) is 2.89. The minimum atomic E-state index is 0.0470. The molecule has 94 valence electrons. The topological polar surface area (TPSA) is 58.0 Å². The molecule has 0 amide bonds. The van der Waals surface area contributed by atoms with E-state index < -0.39 is 0 Å². The molecule has 17 heavy (non-hydrogen) atoms. The van der Waals surface area contributed by atoms with Gasteiger partial charge >= 0.3 is 0 Å². The van der Waals surface area contributed by atoms with E-state index in [1.807, 2.05) is 13.0 Å². The van der Waals surface area contributed by atoms with Crippen molar-refractivity contribution in [1.82, 2.24) is 9.97 Å². The average Bonchev–Trinajstić information content (AvgIpc) is 2.74. The Bertz CT molecular complexity index is 371. The summed E-state index contributed by atoms with van der Waals surface area (Å²) >= 11 is 3.36. The van der Waals surface area contributed by atoms with E-state index in [0.717, 1.165) is 35.6 Å². The molecule has 4 nitrogen and oxygen atoms in total. The van der Waals surface area contributed by atoms with Gasteiger partial charge in [-0.05, 0) is 35.7 Å². The summed E-state index contributed by atoms with van der Waals surface area (Å²) in [6.07, 6.45) is 4.63. The van der Waals surface area contributed by atoms with Gasteiger partial charge in [0.05, 0.1) is 6.61 Å². The van der Waals surface area contributed by atoms with Crippen LogP contribution >= 0.6 is 15.9 Å². The van der Waals surface area contributed by atoms with Crippen LogP contribution in [0.1, 0.15) is 31.5 Å². The maximum Gasteiger partial charge on any atom is 0.130 e.